The van der Waals surface area contributed by atoms with Crippen molar-refractivity contribution >= 4 is 41.4 Å². The molecule has 4 aromatic carbocycles. The summed E-state index contributed by atoms with van der Waals surface area (Å²) in [7, 11) is -8.35. The van der Waals surface area contributed by atoms with Crippen LogP contribution in [0.3, 0.4) is 0 Å². The Morgan fingerprint density at radius 2 is 1.00 bits per heavy atom. The molecule has 0 fully saturated rings. The van der Waals surface area contributed by atoms with Gasteiger partial charge < -0.3 is 10.0 Å². The summed E-state index contributed by atoms with van der Waals surface area (Å²) in [6.45, 7) is 0. The molecule has 0 amide bonds. The second-order valence-corrected chi connectivity index (χ2v) is 9.03. The van der Waals surface area contributed by atoms with Crippen molar-refractivity contribution in [1.82, 2.24) is 0 Å². The third-order valence-corrected chi connectivity index (χ3v) is 8.06. The summed E-state index contributed by atoms with van der Waals surface area (Å²) in [5.74, 6) is 0. The van der Waals surface area contributed by atoms with E-state index < -0.39 is 150 Å². The van der Waals surface area contributed by atoms with E-state index in [1.165, 1.54) is 0 Å². The summed E-state index contributed by atoms with van der Waals surface area (Å²) in [5, 5.41) is 16.9. The van der Waals surface area contributed by atoms with Gasteiger partial charge in [0.1, 0.15) is 0 Å². The van der Waals surface area contributed by atoms with Crippen LogP contribution in [0.25, 0.3) is 0 Å². The van der Waals surface area contributed by atoms with Crippen LogP contribution in [0.1, 0.15) is 24.7 Å². The molecule has 0 aromatic heterocycles. The van der Waals surface area contributed by atoms with Crippen molar-refractivity contribution in [2.75, 3.05) is 0 Å². The second-order valence-electron chi connectivity index (χ2n) is 5.49. The fraction of sp³-hybridized carbons (Fsp3) is 0. The van der Waals surface area contributed by atoms with Gasteiger partial charge in [-0.3, -0.25) is 0 Å². The Morgan fingerprint density at radius 1 is 0.571 bits per heavy atom. The molecule has 4 aromatic rings. The van der Waals surface area contributed by atoms with E-state index in [1.54, 1.807) is 0 Å². The highest BCUT2D eigenvalue weighted by molar-refractivity contribution is 7.20. The van der Waals surface area contributed by atoms with Crippen molar-refractivity contribution < 1.29 is 34.7 Å². The van der Waals surface area contributed by atoms with Crippen LogP contribution in [0.2, 0.25) is 0 Å². The van der Waals surface area contributed by atoms with E-state index in [1.807, 2.05) is 0 Å². The summed E-state index contributed by atoms with van der Waals surface area (Å²) < 4.78 is 154. The first-order valence-electron chi connectivity index (χ1n) is 16.9. The van der Waals surface area contributed by atoms with Gasteiger partial charge in [-0.05, 0) is 26.2 Å². The minimum Gasteiger partial charge on any atom is -0.423 e. The molecular formula is C24H21BO2Si. The molecule has 136 valence electrons. The van der Waals surface area contributed by atoms with Crippen molar-refractivity contribution in [1.29, 1.82) is 0 Å². The Balaban J connectivity index is 2.67. The lowest BCUT2D eigenvalue weighted by Crippen LogP contribution is -2.75. The van der Waals surface area contributed by atoms with Gasteiger partial charge in [-0.1, -0.05) is 115 Å². The van der Waals surface area contributed by atoms with Gasteiger partial charge in [-0.2, -0.15) is 0 Å². The monoisotopic (exact) mass is 398 g/mol. The Hall–Kier alpha value is -2.92. The summed E-state index contributed by atoms with van der Waals surface area (Å²) in [6.07, 6.45) is 0. The molecule has 0 saturated heterocycles. The highest BCUT2D eigenvalue weighted by Crippen LogP contribution is 2.09. The van der Waals surface area contributed by atoms with Crippen LogP contribution >= 0.6 is 0 Å². The Morgan fingerprint density at radius 3 is 1.39 bits per heavy atom. The Bertz CT molecular complexity index is 1730. The molecule has 2 nitrogen and oxygen atoms in total. The maximum absolute atomic E-state index is 10.2. The SMILES string of the molecule is [2H]c1cc([Si](c2c([2H])c([2H])c([2H])c([2H])c2[2H])(c2c([2H])c([2H])c([2H])c([2H])c2[2H])c2c([2H])c([2H])c([2H])c([2H])c2[2H])c([2H])c(B(O)O)c1[2H]. The van der Waals surface area contributed by atoms with Gasteiger partial charge in [0.05, 0.1) is 24.7 Å². The Kier molecular flexibility index (Phi) is 1.95. The minimum absolute atomic E-state index is 0.713. The molecule has 0 heterocycles. The van der Waals surface area contributed by atoms with Crippen LogP contribution in [0.4, 0.5) is 0 Å². The Labute approximate surface area is 192 Å². The first kappa shape index (κ1) is 6.85. The van der Waals surface area contributed by atoms with Gasteiger partial charge in [0, 0.05) is 0 Å². The van der Waals surface area contributed by atoms with Gasteiger partial charge >= 0.3 is 7.12 Å². The van der Waals surface area contributed by atoms with Gasteiger partial charge in [0.2, 0.25) is 0 Å². The lowest BCUT2D eigenvalue weighted by molar-refractivity contribution is 0.426. The largest absolute Gasteiger partial charge is 0.488 e. The molecule has 0 saturated carbocycles. The summed E-state index contributed by atoms with van der Waals surface area (Å²) in [6, 6.07) is -17.6. The van der Waals surface area contributed by atoms with Crippen LogP contribution < -0.4 is 26.2 Å². The van der Waals surface area contributed by atoms with Gasteiger partial charge in [0.15, 0.2) is 8.07 Å². The van der Waals surface area contributed by atoms with E-state index in [0.29, 0.717) is 6.07 Å². The zero-order valence-corrected chi connectivity index (χ0v) is 15.0. The van der Waals surface area contributed by atoms with Gasteiger partial charge in [0.25, 0.3) is 0 Å². The summed E-state index contributed by atoms with van der Waals surface area (Å²) in [4.78, 5) is 0. The predicted molar refractivity (Wildman–Crippen MR) is 120 cm³/mol. The van der Waals surface area contributed by atoms with E-state index in [4.69, 9.17) is 24.7 Å². The highest BCUT2D eigenvalue weighted by atomic mass is 28.3. The maximum Gasteiger partial charge on any atom is 0.488 e. The first-order chi connectivity index (χ1) is 21.2. The predicted octanol–water partition coefficient (Wildman–Crippen LogP) is 0.744. The molecule has 0 aliphatic heterocycles. The third-order valence-electron chi connectivity index (χ3n) is 3.98. The van der Waals surface area contributed by atoms with Crippen LogP contribution in [0.5, 0.6) is 0 Å². The minimum atomic E-state index is -5.71. The molecule has 0 atom stereocenters. The smallest absolute Gasteiger partial charge is 0.423 e. The lowest BCUT2D eigenvalue weighted by Gasteiger charge is -2.34. The number of hydrogen-bond acceptors (Lipinski definition) is 2. The van der Waals surface area contributed by atoms with Crippen molar-refractivity contribution in [3.05, 3.63) is 115 Å². The van der Waals surface area contributed by atoms with Crippen molar-refractivity contribution in [2.45, 2.75) is 0 Å². The summed E-state index contributed by atoms with van der Waals surface area (Å²) >= 11 is 0. The van der Waals surface area contributed by atoms with Crippen molar-refractivity contribution in [3.63, 3.8) is 0 Å². The first-order valence-corrected chi connectivity index (χ1v) is 9.88. The molecule has 28 heavy (non-hydrogen) atoms. The van der Waals surface area contributed by atoms with E-state index in [9.17, 15) is 10.0 Å². The zero-order chi connectivity index (χ0) is 35.1. The van der Waals surface area contributed by atoms with E-state index >= 15 is 0 Å². The molecule has 4 rings (SSSR count). The van der Waals surface area contributed by atoms with Crippen LogP contribution in [0, 0.1) is 0 Å². The normalized spacial score (nSPS) is 20.2. The molecule has 0 aliphatic rings. The van der Waals surface area contributed by atoms with Crippen molar-refractivity contribution in [3.8, 4) is 0 Å². The van der Waals surface area contributed by atoms with Crippen LogP contribution in [-0.4, -0.2) is 25.2 Å². The van der Waals surface area contributed by atoms with Gasteiger partial charge in [-0.15, -0.1) is 0 Å². The third kappa shape index (κ3) is 3.22. The molecule has 0 aliphatic carbocycles. The summed E-state index contributed by atoms with van der Waals surface area (Å²) in [5.41, 5.74) is -0.966. The number of rotatable bonds is 5. The molecule has 0 radical (unpaired) electrons. The molecule has 2 N–H and O–H groups in total. The molecule has 4 heteroatoms. The molecular weight excluding hydrogens is 359 g/mol. The van der Waals surface area contributed by atoms with E-state index in [2.05, 4.69) is 0 Å². The topological polar surface area (TPSA) is 40.5 Å². The molecule has 0 spiro atoms. The lowest BCUT2D eigenvalue weighted by atomic mass is 9.80. The maximum atomic E-state index is 10.2. The second kappa shape index (κ2) is 7.99. The van der Waals surface area contributed by atoms with Gasteiger partial charge in [-0.25, -0.2) is 0 Å². The van der Waals surface area contributed by atoms with E-state index in [-0.39, 0.29) is 0 Å². The van der Waals surface area contributed by atoms with Crippen LogP contribution in [0.15, 0.2) is 115 Å². The fourth-order valence-electron chi connectivity index (χ4n) is 2.82. The fourth-order valence-corrected chi connectivity index (χ4v) is 6.49. The standard InChI is InChI=1S/C24H21BO2Si/c26-25(27)20-11-10-18-24(19-20)28(21-12-4-1-5-13-21,22-14-6-2-7-15-22)23-16-8-3-9-17-23/h1-19,26-27H/i1D,2D,3D,4D,5D,6D,7D,8D,9D,10D,11D,12D,13D,14D,15D,16D,17D,19D. The molecule has 0 unspecified atom stereocenters. The number of hydrogen-bond donors (Lipinski definition) is 2. The van der Waals surface area contributed by atoms with Crippen molar-refractivity contribution in [2.24, 2.45) is 0 Å². The average Bonchev–Trinajstić information content (AvgIpc) is 3.00. The quantitative estimate of drug-likeness (QED) is 0.385. The average molecular weight is 398 g/mol. The number of benzene rings is 4. The highest BCUT2D eigenvalue weighted by Gasteiger charge is 2.41. The van der Waals surface area contributed by atoms with E-state index in [0.717, 1.165) is 0 Å². The molecule has 0 bridgehead atoms. The zero-order valence-electron chi connectivity index (χ0n) is 32.0. The van der Waals surface area contributed by atoms with Crippen LogP contribution in [-0.2, 0) is 0 Å².